The Labute approximate surface area is 133 Å². The van der Waals surface area contributed by atoms with Gasteiger partial charge in [-0.05, 0) is 87.9 Å². The molecule has 0 aromatic carbocycles. The van der Waals surface area contributed by atoms with E-state index < -0.39 is 0 Å². The lowest BCUT2D eigenvalue weighted by molar-refractivity contribution is 0.128. The van der Waals surface area contributed by atoms with Crippen LogP contribution in [0.15, 0.2) is 0 Å². The minimum absolute atomic E-state index is 0.0220. The largest absolute Gasteiger partial charge is 0.393 e. The van der Waals surface area contributed by atoms with Crippen LogP contribution in [0.4, 0.5) is 0 Å². The van der Waals surface area contributed by atoms with Crippen LogP contribution >= 0.6 is 0 Å². The summed E-state index contributed by atoms with van der Waals surface area (Å²) in [7, 11) is 0.564. The molecule has 0 heterocycles. The summed E-state index contributed by atoms with van der Waals surface area (Å²) in [5.74, 6) is 0. The van der Waals surface area contributed by atoms with Gasteiger partial charge in [-0.2, -0.15) is 0 Å². The Morgan fingerprint density at radius 3 is 1.29 bits per heavy atom. The van der Waals surface area contributed by atoms with Crippen molar-refractivity contribution in [3.8, 4) is 0 Å². The molecule has 2 nitrogen and oxygen atoms in total. The van der Waals surface area contributed by atoms with Crippen LogP contribution < -0.4 is 0 Å². The van der Waals surface area contributed by atoms with Crippen molar-refractivity contribution >= 4 is 10.9 Å². The summed E-state index contributed by atoms with van der Waals surface area (Å²) in [6.07, 6.45) is 16.4. The Balaban J connectivity index is 1.67. The van der Waals surface area contributed by atoms with Gasteiger partial charge in [0, 0.05) is 0 Å². The summed E-state index contributed by atoms with van der Waals surface area (Å²) in [5.41, 5.74) is 0. The average molecular weight is 314 g/mol. The van der Waals surface area contributed by atoms with Crippen LogP contribution in [0.25, 0.3) is 0 Å². The zero-order valence-electron chi connectivity index (χ0n) is 13.4. The molecule has 3 fully saturated rings. The minimum Gasteiger partial charge on any atom is -0.393 e. The first-order chi connectivity index (χ1) is 10.2. The van der Waals surface area contributed by atoms with Gasteiger partial charge in [-0.15, -0.1) is 0 Å². The Morgan fingerprint density at radius 1 is 0.476 bits per heavy atom. The average Bonchev–Trinajstić information content (AvgIpc) is 2.52. The van der Waals surface area contributed by atoms with E-state index in [9.17, 15) is 10.2 Å². The van der Waals surface area contributed by atoms with Crippen molar-refractivity contribution in [1.82, 2.24) is 0 Å². The van der Waals surface area contributed by atoms with Gasteiger partial charge in [-0.3, -0.25) is 0 Å². The standard InChI is InChI=1S/C18H33O2S/c19-14-6-10-17(11-7-14)21(16-4-2-1-3-5-16)18-12-8-15(20)9-13-18/h14-20H,1-13H2/q+1. The molecule has 0 aromatic heterocycles. The van der Waals surface area contributed by atoms with Gasteiger partial charge in [0.1, 0.15) is 15.7 Å². The van der Waals surface area contributed by atoms with Gasteiger partial charge in [0.15, 0.2) is 0 Å². The van der Waals surface area contributed by atoms with Crippen LogP contribution in [0.2, 0.25) is 0 Å². The fourth-order valence-corrected chi connectivity index (χ4v) is 8.93. The highest BCUT2D eigenvalue weighted by molar-refractivity contribution is 7.98. The van der Waals surface area contributed by atoms with Crippen molar-refractivity contribution in [2.75, 3.05) is 0 Å². The fraction of sp³-hybridized carbons (Fsp3) is 1.00. The molecule has 3 aliphatic rings. The molecule has 0 aliphatic heterocycles. The van der Waals surface area contributed by atoms with E-state index in [2.05, 4.69) is 0 Å². The third kappa shape index (κ3) is 4.17. The first-order valence-corrected chi connectivity index (χ1v) is 10.7. The van der Waals surface area contributed by atoms with Gasteiger partial charge in [0.05, 0.1) is 12.2 Å². The molecule has 0 bridgehead atoms. The van der Waals surface area contributed by atoms with Crippen molar-refractivity contribution < 1.29 is 10.2 Å². The maximum absolute atomic E-state index is 9.83. The number of hydrogen-bond donors (Lipinski definition) is 2. The predicted molar refractivity (Wildman–Crippen MR) is 90.8 cm³/mol. The van der Waals surface area contributed by atoms with E-state index in [1.165, 1.54) is 57.8 Å². The van der Waals surface area contributed by atoms with Crippen LogP contribution in [-0.2, 0) is 10.9 Å². The normalized spacial score (nSPS) is 40.9. The van der Waals surface area contributed by atoms with Gasteiger partial charge in [0.2, 0.25) is 0 Å². The summed E-state index contributed by atoms with van der Waals surface area (Å²) in [6.45, 7) is 0. The first-order valence-electron chi connectivity index (χ1n) is 9.31. The van der Waals surface area contributed by atoms with Gasteiger partial charge in [0.25, 0.3) is 0 Å². The maximum Gasteiger partial charge on any atom is 0.119 e. The second-order valence-corrected chi connectivity index (χ2v) is 10.3. The van der Waals surface area contributed by atoms with Crippen molar-refractivity contribution in [3.63, 3.8) is 0 Å². The number of aliphatic hydroxyl groups is 2. The van der Waals surface area contributed by atoms with Crippen molar-refractivity contribution in [2.24, 2.45) is 0 Å². The summed E-state index contributed by atoms with van der Waals surface area (Å²) < 4.78 is 0. The Bertz CT molecular complexity index is 278. The third-order valence-corrected chi connectivity index (χ3v) is 9.72. The highest BCUT2D eigenvalue weighted by atomic mass is 32.2. The molecule has 3 aliphatic carbocycles. The smallest absolute Gasteiger partial charge is 0.119 e. The first kappa shape index (κ1) is 16.1. The van der Waals surface area contributed by atoms with Crippen LogP contribution in [0, 0.1) is 0 Å². The molecule has 0 atom stereocenters. The second kappa shape index (κ2) is 7.70. The van der Waals surface area contributed by atoms with Gasteiger partial charge < -0.3 is 10.2 Å². The molecular weight excluding hydrogens is 280 g/mol. The monoisotopic (exact) mass is 313 g/mol. The Hall–Kier alpha value is 0.270. The van der Waals surface area contributed by atoms with E-state index in [1.54, 1.807) is 0 Å². The Kier molecular flexibility index (Phi) is 5.92. The zero-order valence-corrected chi connectivity index (χ0v) is 14.2. The molecule has 0 saturated heterocycles. The lowest BCUT2D eigenvalue weighted by Gasteiger charge is -2.37. The summed E-state index contributed by atoms with van der Waals surface area (Å²) >= 11 is 0. The molecule has 3 rings (SSSR count). The zero-order chi connectivity index (χ0) is 14.7. The van der Waals surface area contributed by atoms with E-state index in [0.29, 0.717) is 10.9 Å². The molecule has 3 saturated carbocycles. The van der Waals surface area contributed by atoms with Crippen molar-refractivity contribution in [2.45, 2.75) is 111 Å². The van der Waals surface area contributed by atoms with E-state index >= 15 is 0 Å². The van der Waals surface area contributed by atoms with Gasteiger partial charge >= 0.3 is 0 Å². The number of hydrogen-bond acceptors (Lipinski definition) is 2. The summed E-state index contributed by atoms with van der Waals surface area (Å²) in [5, 5.41) is 22.4. The molecule has 3 heteroatoms. The van der Waals surface area contributed by atoms with Crippen LogP contribution in [0.1, 0.15) is 83.5 Å². The van der Waals surface area contributed by atoms with Crippen LogP contribution in [0.3, 0.4) is 0 Å². The molecule has 122 valence electrons. The number of aliphatic hydroxyl groups excluding tert-OH is 2. The van der Waals surface area contributed by atoms with E-state index in [4.69, 9.17) is 0 Å². The van der Waals surface area contributed by atoms with Crippen molar-refractivity contribution in [1.29, 1.82) is 0 Å². The summed E-state index contributed by atoms with van der Waals surface area (Å²) in [6, 6.07) is 0. The predicted octanol–water partition coefficient (Wildman–Crippen LogP) is 3.54. The van der Waals surface area contributed by atoms with Crippen LogP contribution in [0.5, 0.6) is 0 Å². The third-order valence-electron chi connectivity index (χ3n) is 5.99. The van der Waals surface area contributed by atoms with E-state index in [-0.39, 0.29) is 12.2 Å². The lowest BCUT2D eigenvalue weighted by atomic mass is 9.96. The molecule has 0 aromatic rings. The fourth-order valence-electron chi connectivity index (χ4n) is 4.79. The SMILES string of the molecule is OC1CCC([S+](C2CCCCC2)C2CCC(O)CC2)CC1. The molecule has 21 heavy (non-hydrogen) atoms. The number of rotatable bonds is 3. The van der Waals surface area contributed by atoms with E-state index in [0.717, 1.165) is 41.4 Å². The topological polar surface area (TPSA) is 40.5 Å². The van der Waals surface area contributed by atoms with E-state index in [1.807, 2.05) is 0 Å². The molecule has 0 radical (unpaired) electrons. The van der Waals surface area contributed by atoms with Gasteiger partial charge in [-0.25, -0.2) is 0 Å². The summed E-state index contributed by atoms with van der Waals surface area (Å²) in [4.78, 5) is 0. The quantitative estimate of drug-likeness (QED) is 0.782. The lowest BCUT2D eigenvalue weighted by Crippen LogP contribution is -2.45. The second-order valence-electron chi connectivity index (χ2n) is 7.53. The highest BCUT2D eigenvalue weighted by Gasteiger charge is 2.46. The molecule has 2 N–H and O–H groups in total. The Morgan fingerprint density at radius 2 is 0.857 bits per heavy atom. The minimum atomic E-state index is -0.0220. The van der Waals surface area contributed by atoms with Gasteiger partial charge in [-0.1, -0.05) is 6.42 Å². The van der Waals surface area contributed by atoms with Crippen LogP contribution in [-0.4, -0.2) is 38.2 Å². The maximum atomic E-state index is 9.83. The molecule has 0 amide bonds. The molecule has 0 unspecified atom stereocenters. The molecule has 0 spiro atoms. The highest BCUT2D eigenvalue weighted by Crippen LogP contribution is 2.40. The molecular formula is C18H33O2S+. The van der Waals surface area contributed by atoms with Crippen molar-refractivity contribution in [3.05, 3.63) is 0 Å².